The SMILES string of the molecule is COc1cc(CCCCN)c(OC)cc1Cl. The van der Waals surface area contributed by atoms with E-state index < -0.39 is 0 Å². The Labute approximate surface area is 101 Å². The molecule has 0 saturated heterocycles. The minimum atomic E-state index is 0.571. The first kappa shape index (κ1) is 13.1. The molecule has 4 heteroatoms. The number of ether oxygens (including phenoxy) is 2. The molecule has 16 heavy (non-hydrogen) atoms. The Morgan fingerprint density at radius 1 is 1.12 bits per heavy atom. The summed E-state index contributed by atoms with van der Waals surface area (Å²) in [7, 11) is 3.25. The highest BCUT2D eigenvalue weighted by molar-refractivity contribution is 6.32. The van der Waals surface area contributed by atoms with E-state index in [0.717, 1.165) is 30.6 Å². The standard InChI is InChI=1S/C12H18ClNO2/c1-15-11-8-10(13)12(16-2)7-9(11)5-3-4-6-14/h7-8H,3-6,14H2,1-2H3. The summed E-state index contributed by atoms with van der Waals surface area (Å²) in [6.07, 6.45) is 2.97. The lowest BCUT2D eigenvalue weighted by molar-refractivity contribution is 0.398. The molecule has 90 valence electrons. The summed E-state index contributed by atoms with van der Waals surface area (Å²) in [5, 5.41) is 0.571. The molecule has 0 aliphatic rings. The van der Waals surface area contributed by atoms with Gasteiger partial charge in [0.05, 0.1) is 19.2 Å². The maximum atomic E-state index is 6.02. The van der Waals surface area contributed by atoms with Gasteiger partial charge in [0, 0.05) is 6.07 Å². The molecular weight excluding hydrogens is 226 g/mol. The molecule has 0 heterocycles. The van der Waals surface area contributed by atoms with E-state index in [4.69, 9.17) is 26.8 Å². The van der Waals surface area contributed by atoms with Gasteiger partial charge in [-0.3, -0.25) is 0 Å². The summed E-state index contributed by atoms with van der Waals surface area (Å²) in [5.74, 6) is 1.49. The molecule has 0 atom stereocenters. The Morgan fingerprint density at radius 3 is 2.38 bits per heavy atom. The predicted molar refractivity (Wildman–Crippen MR) is 66.5 cm³/mol. The fraction of sp³-hybridized carbons (Fsp3) is 0.500. The predicted octanol–water partition coefficient (Wildman–Crippen LogP) is 2.64. The highest BCUT2D eigenvalue weighted by Gasteiger charge is 2.09. The highest BCUT2D eigenvalue weighted by Crippen LogP contribution is 2.33. The highest BCUT2D eigenvalue weighted by atomic mass is 35.5. The number of hydrogen-bond acceptors (Lipinski definition) is 3. The smallest absolute Gasteiger partial charge is 0.137 e. The van der Waals surface area contributed by atoms with Gasteiger partial charge >= 0.3 is 0 Å². The van der Waals surface area contributed by atoms with Crippen LogP contribution in [0.5, 0.6) is 11.5 Å². The summed E-state index contributed by atoms with van der Waals surface area (Å²) >= 11 is 6.02. The molecule has 0 aromatic heterocycles. The zero-order valence-electron chi connectivity index (χ0n) is 9.75. The number of aryl methyl sites for hydroxylation is 1. The number of nitrogens with two attached hydrogens (primary N) is 1. The van der Waals surface area contributed by atoms with Crippen molar-refractivity contribution in [1.82, 2.24) is 0 Å². The topological polar surface area (TPSA) is 44.5 Å². The fourth-order valence-electron chi connectivity index (χ4n) is 1.58. The molecule has 1 aromatic rings. The Balaban J connectivity index is 2.86. The van der Waals surface area contributed by atoms with Gasteiger partial charge in [-0.2, -0.15) is 0 Å². The molecule has 0 bridgehead atoms. The van der Waals surface area contributed by atoms with Crippen LogP contribution < -0.4 is 15.2 Å². The molecule has 0 spiro atoms. The van der Waals surface area contributed by atoms with Gasteiger partial charge in [-0.15, -0.1) is 0 Å². The van der Waals surface area contributed by atoms with E-state index in [1.165, 1.54) is 0 Å². The lowest BCUT2D eigenvalue weighted by Gasteiger charge is -2.11. The maximum Gasteiger partial charge on any atom is 0.137 e. The summed E-state index contributed by atoms with van der Waals surface area (Å²) in [6.45, 7) is 0.715. The summed E-state index contributed by atoms with van der Waals surface area (Å²) in [6, 6.07) is 3.72. The van der Waals surface area contributed by atoms with Crippen LogP contribution in [-0.4, -0.2) is 20.8 Å². The van der Waals surface area contributed by atoms with Gasteiger partial charge in [-0.05, 0) is 37.4 Å². The molecule has 0 fully saturated rings. The molecule has 0 unspecified atom stereocenters. The Bertz CT molecular complexity index is 342. The minimum Gasteiger partial charge on any atom is -0.496 e. The number of hydrogen-bond donors (Lipinski definition) is 1. The van der Waals surface area contributed by atoms with E-state index in [-0.39, 0.29) is 0 Å². The van der Waals surface area contributed by atoms with Crippen LogP contribution in [0.15, 0.2) is 12.1 Å². The third kappa shape index (κ3) is 3.29. The number of benzene rings is 1. The van der Waals surface area contributed by atoms with E-state index in [0.29, 0.717) is 17.3 Å². The number of halogens is 1. The fourth-order valence-corrected chi connectivity index (χ4v) is 1.81. The molecule has 2 N–H and O–H groups in total. The van der Waals surface area contributed by atoms with E-state index in [1.54, 1.807) is 20.3 Å². The molecule has 1 aromatic carbocycles. The molecular formula is C12H18ClNO2. The number of unbranched alkanes of at least 4 members (excludes halogenated alkanes) is 1. The molecule has 1 rings (SSSR count). The number of methoxy groups -OCH3 is 2. The Hall–Kier alpha value is -0.930. The van der Waals surface area contributed by atoms with Crippen LogP contribution in [0.3, 0.4) is 0 Å². The lowest BCUT2D eigenvalue weighted by Crippen LogP contribution is -2.00. The van der Waals surface area contributed by atoms with Crippen molar-refractivity contribution in [3.63, 3.8) is 0 Å². The van der Waals surface area contributed by atoms with Gasteiger partial charge in [0.25, 0.3) is 0 Å². The van der Waals surface area contributed by atoms with Crippen LogP contribution in [0, 0.1) is 0 Å². The Morgan fingerprint density at radius 2 is 1.81 bits per heavy atom. The van der Waals surface area contributed by atoms with Crippen molar-refractivity contribution in [2.45, 2.75) is 19.3 Å². The van der Waals surface area contributed by atoms with Crippen LogP contribution in [-0.2, 0) is 6.42 Å². The van der Waals surface area contributed by atoms with Crippen LogP contribution >= 0.6 is 11.6 Å². The van der Waals surface area contributed by atoms with Crippen molar-refractivity contribution in [3.8, 4) is 11.5 Å². The van der Waals surface area contributed by atoms with Crippen LogP contribution in [0.1, 0.15) is 18.4 Å². The monoisotopic (exact) mass is 243 g/mol. The zero-order chi connectivity index (χ0) is 12.0. The van der Waals surface area contributed by atoms with E-state index in [9.17, 15) is 0 Å². The number of rotatable bonds is 6. The van der Waals surface area contributed by atoms with Gasteiger partial charge in [-0.25, -0.2) is 0 Å². The molecule has 0 aliphatic heterocycles. The molecule has 0 amide bonds. The van der Waals surface area contributed by atoms with Gasteiger partial charge < -0.3 is 15.2 Å². The van der Waals surface area contributed by atoms with Crippen molar-refractivity contribution >= 4 is 11.6 Å². The van der Waals surface area contributed by atoms with Crippen LogP contribution in [0.2, 0.25) is 5.02 Å². The van der Waals surface area contributed by atoms with Gasteiger partial charge in [0.2, 0.25) is 0 Å². The second-order valence-electron chi connectivity index (χ2n) is 3.54. The van der Waals surface area contributed by atoms with Crippen molar-refractivity contribution in [1.29, 1.82) is 0 Å². The minimum absolute atomic E-state index is 0.571. The van der Waals surface area contributed by atoms with Crippen molar-refractivity contribution in [3.05, 3.63) is 22.7 Å². The third-order valence-electron chi connectivity index (χ3n) is 2.46. The average molecular weight is 244 g/mol. The Kier molecular flexibility index (Phi) is 5.43. The summed E-state index contributed by atoms with van der Waals surface area (Å²) < 4.78 is 10.5. The van der Waals surface area contributed by atoms with Crippen molar-refractivity contribution < 1.29 is 9.47 Å². The van der Waals surface area contributed by atoms with E-state index >= 15 is 0 Å². The van der Waals surface area contributed by atoms with E-state index in [1.807, 2.05) is 6.07 Å². The molecule has 3 nitrogen and oxygen atoms in total. The van der Waals surface area contributed by atoms with Crippen LogP contribution in [0.25, 0.3) is 0 Å². The van der Waals surface area contributed by atoms with Gasteiger partial charge in [-0.1, -0.05) is 11.6 Å². The summed E-state index contributed by atoms with van der Waals surface area (Å²) in [5.41, 5.74) is 6.57. The first-order chi connectivity index (χ1) is 7.72. The molecule has 0 saturated carbocycles. The van der Waals surface area contributed by atoms with E-state index in [2.05, 4.69) is 0 Å². The quantitative estimate of drug-likeness (QED) is 0.782. The second-order valence-corrected chi connectivity index (χ2v) is 3.95. The second kappa shape index (κ2) is 6.61. The first-order valence-electron chi connectivity index (χ1n) is 5.33. The molecule has 0 aliphatic carbocycles. The van der Waals surface area contributed by atoms with Crippen molar-refractivity contribution in [2.24, 2.45) is 5.73 Å². The van der Waals surface area contributed by atoms with Gasteiger partial charge in [0.1, 0.15) is 11.5 Å². The van der Waals surface area contributed by atoms with Crippen molar-refractivity contribution in [2.75, 3.05) is 20.8 Å². The normalized spacial score (nSPS) is 10.2. The first-order valence-corrected chi connectivity index (χ1v) is 5.71. The average Bonchev–Trinajstić information content (AvgIpc) is 2.30. The maximum absolute atomic E-state index is 6.02. The zero-order valence-corrected chi connectivity index (χ0v) is 10.5. The largest absolute Gasteiger partial charge is 0.496 e. The summed E-state index contributed by atoms with van der Waals surface area (Å²) in [4.78, 5) is 0. The van der Waals surface area contributed by atoms with Gasteiger partial charge in [0.15, 0.2) is 0 Å². The molecule has 0 radical (unpaired) electrons. The lowest BCUT2D eigenvalue weighted by atomic mass is 10.1. The van der Waals surface area contributed by atoms with Crippen LogP contribution in [0.4, 0.5) is 0 Å². The third-order valence-corrected chi connectivity index (χ3v) is 2.75.